The maximum Gasteiger partial charge on any atom is 0.552 e. The Balaban J connectivity index is 0.000000612. The molecule has 2 aromatic carbocycles. The van der Waals surface area contributed by atoms with E-state index < -0.39 is 0 Å². The molecule has 103 valence electrons. The van der Waals surface area contributed by atoms with Crippen LogP contribution in [0.5, 0.6) is 5.75 Å². The Labute approximate surface area is 155 Å². The summed E-state index contributed by atoms with van der Waals surface area (Å²) in [5.74, 6) is 0.905. The van der Waals surface area contributed by atoms with Gasteiger partial charge in [0.15, 0.2) is 0 Å². The molecule has 0 aliphatic heterocycles. The summed E-state index contributed by atoms with van der Waals surface area (Å²) < 4.78 is 5.40. The average Bonchev–Trinajstić information content (AvgIpc) is 2.45. The maximum atomic E-state index is 6.11. The van der Waals surface area contributed by atoms with Crippen molar-refractivity contribution < 1.29 is 4.74 Å². The molecule has 1 radical (unpaired) electrons. The van der Waals surface area contributed by atoms with Gasteiger partial charge in [0.2, 0.25) is 0 Å². The number of ether oxygens (including phenoxy) is 1. The highest BCUT2D eigenvalue weighted by atomic mass is 127. The monoisotopic (exact) mass is 523 g/mol. The molecule has 0 N–H and O–H groups in total. The molecule has 0 atom stereocenters. The summed E-state index contributed by atoms with van der Waals surface area (Å²) in [5, 5.41) is 0.789. The largest absolute Gasteiger partial charge is 0.552 e. The van der Waals surface area contributed by atoms with Crippen LogP contribution in [-0.2, 0) is 6.42 Å². The van der Waals surface area contributed by atoms with Gasteiger partial charge in [-0.3, -0.25) is 37.7 Å². The highest BCUT2D eigenvalue weighted by molar-refractivity contribution is 14.3. The number of hydrogen-bond donors (Lipinski definition) is 0. The van der Waals surface area contributed by atoms with Gasteiger partial charge >= 0.3 is 12.6 Å². The molecule has 20 heavy (non-hydrogen) atoms. The van der Waals surface area contributed by atoms with Crippen molar-refractivity contribution in [2.75, 3.05) is 6.61 Å². The molecule has 0 amide bonds. The summed E-state index contributed by atoms with van der Waals surface area (Å²) >= 11 is 11.3. The van der Waals surface area contributed by atoms with Gasteiger partial charge in [0.1, 0.15) is 5.75 Å². The van der Waals surface area contributed by atoms with Crippen molar-refractivity contribution in [2.45, 2.75) is 13.3 Å². The van der Waals surface area contributed by atoms with Crippen LogP contribution in [-0.4, -0.2) is 19.2 Å². The van der Waals surface area contributed by atoms with Crippen LogP contribution in [0.25, 0.3) is 0 Å². The Kier molecular flexibility index (Phi) is 10.7. The Morgan fingerprint density at radius 3 is 2.40 bits per heavy atom. The molecule has 0 saturated heterocycles. The number of halogens is 3. The molecule has 0 fully saturated rings. The molecule has 2 aromatic rings. The van der Waals surface area contributed by atoms with Gasteiger partial charge in [-0.05, 0) is 54.8 Å². The van der Waals surface area contributed by atoms with Crippen molar-refractivity contribution in [2.24, 2.45) is 0 Å². The van der Waals surface area contributed by atoms with Crippen LogP contribution in [0.4, 0.5) is 0 Å². The van der Waals surface area contributed by atoms with Gasteiger partial charge in [0.05, 0.1) is 6.61 Å². The Morgan fingerprint density at radius 1 is 1.20 bits per heavy atom. The van der Waals surface area contributed by atoms with Gasteiger partial charge in [-0.1, -0.05) is 29.8 Å². The van der Waals surface area contributed by atoms with E-state index in [1.807, 2.05) is 37.3 Å². The van der Waals surface area contributed by atoms with Gasteiger partial charge in [0.25, 0.3) is 0 Å². The van der Waals surface area contributed by atoms with E-state index in [9.17, 15) is 0 Å². The van der Waals surface area contributed by atoms with Gasteiger partial charge in [-0.15, -0.1) is 0 Å². The summed E-state index contributed by atoms with van der Waals surface area (Å²) in [6, 6.07) is 16.8. The lowest BCUT2D eigenvalue weighted by molar-refractivity contribution is 0.340. The summed E-state index contributed by atoms with van der Waals surface area (Å²) in [5.41, 5.74) is 2.31. The van der Waals surface area contributed by atoms with Crippen LogP contribution in [0.2, 0.25) is 5.02 Å². The molecule has 2 rings (SSSR count). The van der Waals surface area contributed by atoms with Crippen LogP contribution >= 0.6 is 49.3 Å². The van der Waals surface area contributed by atoms with Gasteiger partial charge in [-0.25, -0.2) is 0 Å². The predicted octanol–water partition coefficient (Wildman–Crippen LogP) is 5.52. The molecule has 0 aromatic heterocycles. The third kappa shape index (κ3) is 7.15. The molecule has 0 unspecified atom stereocenters. The molecule has 0 aliphatic carbocycles. The molecule has 1 nitrogen and oxygen atoms in total. The van der Waals surface area contributed by atoms with Crippen LogP contribution in [0.3, 0.4) is 0 Å². The zero-order valence-corrected chi connectivity index (χ0v) is 17.7. The fourth-order valence-electron chi connectivity index (χ4n) is 1.67. The van der Waals surface area contributed by atoms with Crippen molar-refractivity contribution in [3.8, 4) is 5.75 Å². The Hall–Kier alpha value is 0.756. The number of hydrogen-bond acceptors (Lipinski definition) is 1. The Morgan fingerprint density at radius 2 is 1.85 bits per heavy atom. The molecule has 0 bridgehead atoms. The second-order valence-electron chi connectivity index (χ2n) is 3.87. The van der Waals surface area contributed by atoms with Gasteiger partial charge in [0, 0.05) is 5.02 Å². The molecule has 0 saturated carbocycles. The summed E-state index contributed by atoms with van der Waals surface area (Å²) in [6.45, 7) is 2.67. The molecule has 0 heterocycles. The third-order valence-corrected chi connectivity index (χ3v) is 2.89. The van der Waals surface area contributed by atoms with E-state index in [4.69, 9.17) is 16.3 Å². The minimum Gasteiger partial charge on any atom is -0.494 e. The molecular weight excluding hydrogens is 510 g/mol. The topological polar surface area (TPSA) is 9.23 Å². The van der Waals surface area contributed by atoms with Crippen LogP contribution in [0.1, 0.15) is 18.1 Å². The zero-order valence-electron chi connectivity index (χ0n) is 11.2. The first kappa shape index (κ1) is 18.8. The quantitative estimate of drug-likeness (QED) is 0.379. The predicted molar refractivity (Wildman–Crippen MR) is 104 cm³/mol. The van der Waals surface area contributed by atoms with Crippen LogP contribution in [0.15, 0.2) is 42.5 Å². The number of rotatable bonds is 4. The van der Waals surface area contributed by atoms with Crippen molar-refractivity contribution in [1.29, 1.82) is 0 Å². The van der Waals surface area contributed by atoms with E-state index in [0.717, 1.165) is 22.8 Å². The first-order valence-corrected chi connectivity index (χ1v) is 16.8. The normalized spacial score (nSPS) is 9.20. The highest BCUT2D eigenvalue weighted by Crippen LogP contribution is 2.20. The average molecular weight is 524 g/mol. The summed E-state index contributed by atoms with van der Waals surface area (Å²) in [6.07, 6.45) is 0.822. The smallest absolute Gasteiger partial charge is 0.494 e. The van der Waals surface area contributed by atoms with E-state index in [-0.39, 0.29) is 0 Å². The minimum atomic E-state index is 0.357. The fraction of sp³-hybridized carbons (Fsp3) is 0.200. The zero-order chi connectivity index (χ0) is 14.8. The third-order valence-electron chi connectivity index (χ3n) is 2.52. The molecular formula is C15H14ClI2MgO. The second-order valence-corrected chi connectivity index (χ2v) is 17.8. The lowest BCUT2D eigenvalue weighted by atomic mass is 10.1. The SMILES string of the molecule is CCOc1ccc(Cc2c[c]ccc2Cl)cc1.[I][Mg][I]. The van der Waals surface area contributed by atoms with E-state index in [2.05, 4.69) is 55.9 Å². The van der Waals surface area contributed by atoms with Crippen molar-refractivity contribution in [1.82, 2.24) is 0 Å². The first-order chi connectivity index (χ1) is 9.71. The van der Waals surface area contributed by atoms with Gasteiger partial charge in [-0.2, -0.15) is 0 Å². The van der Waals surface area contributed by atoms with Crippen LogP contribution in [0, 0.1) is 6.07 Å². The minimum absolute atomic E-state index is 0.357. The highest BCUT2D eigenvalue weighted by Gasteiger charge is 2.01. The lowest BCUT2D eigenvalue weighted by Crippen LogP contribution is -1.93. The van der Waals surface area contributed by atoms with Crippen molar-refractivity contribution >= 4 is 61.9 Å². The summed E-state index contributed by atoms with van der Waals surface area (Å²) in [7, 11) is 0. The standard InChI is InChI=1S/C15H14ClO.2HI.Mg/c1-2-17-14-9-7-12(8-10-14)11-13-5-3-4-6-15(13)16;;;/h4-10H,2,11H2,1H3;2*1H;/q;;;+2/p-2. The number of benzene rings is 2. The van der Waals surface area contributed by atoms with Crippen molar-refractivity contribution in [3.63, 3.8) is 0 Å². The Bertz CT molecular complexity index is 505. The fourth-order valence-corrected chi connectivity index (χ4v) is 1.86. The van der Waals surface area contributed by atoms with E-state index in [1.54, 1.807) is 0 Å². The van der Waals surface area contributed by atoms with Crippen molar-refractivity contribution in [3.05, 3.63) is 64.7 Å². The lowest BCUT2D eigenvalue weighted by Gasteiger charge is -2.06. The molecule has 0 aliphatic rings. The molecule has 0 spiro atoms. The van der Waals surface area contributed by atoms with Gasteiger partial charge < -0.3 is 4.74 Å². The maximum absolute atomic E-state index is 6.11. The summed E-state index contributed by atoms with van der Waals surface area (Å²) in [4.78, 5) is 0. The molecule has 5 heteroatoms. The van der Waals surface area contributed by atoms with Crippen LogP contribution < -0.4 is 4.74 Å². The second kappa shape index (κ2) is 11.3. The van der Waals surface area contributed by atoms with E-state index >= 15 is 0 Å². The van der Waals surface area contributed by atoms with E-state index in [0.29, 0.717) is 19.2 Å². The van der Waals surface area contributed by atoms with E-state index in [1.165, 1.54) is 5.56 Å². The first-order valence-electron chi connectivity index (χ1n) is 6.19.